The summed E-state index contributed by atoms with van der Waals surface area (Å²) >= 11 is 0. The molecule has 1 rings (SSSR count). The standard InChI is InChI=1S/C11H10O5/c1-2-7-16-11(10(14)15)5-3-8(4-6-11)9(12)13/h1,3-5H,6-7H2,(H,12,13)(H,14,15). The normalized spacial score (nSPS) is 23.3. The van der Waals surface area contributed by atoms with E-state index < -0.39 is 17.5 Å². The Balaban J connectivity index is 2.88. The first kappa shape index (κ1) is 12.0. The molecular weight excluding hydrogens is 212 g/mol. The second kappa shape index (κ2) is 4.64. The lowest BCUT2D eigenvalue weighted by atomic mass is 9.92. The number of aliphatic carboxylic acids is 2. The maximum absolute atomic E-state index is 11.0. The molecule has 0 aromatic heterocycles. The van der Waals surface area contributed by atoms with E-state index in [0.29, 0.717) is 0 Å². The van der Waals surface area contributed by atoms with Gasteiger partial charge >= 0.3 is 11.9 Å². The summed E-state index contributed by atoms with van der Waals surface area (Å²) in [5.41, 5.74) is -1.51. The number of carboxylic acid groups (broad SMARTS) is 2. The molecule has 0 heterocycles. The Bertz CT molecular complexity index is 413. The largest absolute Gasteiger partial charge is 0.479 e. The minimum absolute atomic E-state index is 0.0428. The third-order valence-electron chi connectivity index (χ3n) is 2.18. The fraction of sp³-hybridized carbons (Fsp3) is 0.273. The van der Waals surface area contributed by atoms with Crippen molar-refractivity contribution < 1.29 is 24.5 Å². The molecule has 16 heavy (non-hydrogen) atoms. The Labute approximate surface area is 92.0 Å². The summed E-state index contributed by atoms with van der Waals surface area (Å²) in [5, 5.41) is 17.7. The molecule has 0 bridgehead atoms. The molecular formula is C11H10O5. The minimum atomic E-state index is -1.55. The molecule has 1 aliphatic rings. The molecule has 0 spiro atoms. The highest BCUT2D eigenvalue weighted by atomic mass is 16.5. The molecule has 0 saturated heterocycles. The SMILES string of the molecule is C#CCOC1(C(=O)O)C=CC(C(=O)O)=CC1. The summed E-state index contributed by atoms with van der Waals surface area (Å²) in [6, 6.07) is 0. The van der Waals surface area contributed by atoms with E-state index in [-0.39, 0.29) is 18.6 Å². The maximum atomic E-state index is 11.0. The molecule has 0 aliphatic heterocycles. The van der Waals surface area contributed by atoms with Gasteiger partial charge in [0.1, 0.15) is 6.61 Å². The predicted octanol–water partition coefficient (Wildman–Crippen LogP) is 0.430. The molecule has 0 saturated carbocycles. The number of terminal acetylenes is 1. The third kappa shape index (κ3) is 2.30. The Morgan fingerprint density at radius 3 is 2.62 bits per heavy atom. The first-order chi connectivity index (χ1) is 7.52. The van der Waals surface area contributed by atoms with Crippen molar-refractivity contribution >= 4 is 11.9 Å². The average Bonchev–Trinajstić information content (AvgIpc) is 2.26. The lowest BCUT2D eigenvalue weighted by molar-refractivity contribution is -0.157. The van der Waals surface area contributed by atoms with Gasteiger partial charge in [0.15, 0.2) is 5.60 Å². The Morgan fingerprint density at radius 1 is 1.56 bits per heavy atom. The van der Waals surface area contributed by atoms with E-state index in [1.54, 1.807) is 0 Å². The van der Waals surface area contributed by atoms with Crippen molar-refractivity contribution in [1.82, 2.24) is 0 Å². The molecule has 0 aromatic carbocycles. The number of ether oxygens (including phenoxy) is 1. The molecule has 5 nitrogen and oxygen atoms in total. The molecule has 1 atom stereocenters. The lowest BCUT2D eigenvalue weighted by Crippen LogP contribution is -2.40. The van der Waals surface area contributed by atoms with Gasteiger partial charge in [-0.15, -0.1) is 6.42 Å². The molecule has 84 valence electrons. The maximum Gasteiger partial charge on any atom is 0.340 e. The predicted molar refractivity (Wildman–Crippen MR) is 54.6 cm³/mol. The highest BCUT2D eigenvalue weighted by Gasteiger charge is 2.38. The van der Waals surface area contributed by atoms with Crippen molar-refractivity contribution in [1.29, 1.82) is 0 Å². The lowest BCUT2D eigenvalue weighted by Gasteiger charge is -2.26. The first-order valence-corrected chi connectivity index (χ1v) is 4.45. The van der Waals surface area contributed by atoms with E-state index >= 15 is 0 Å². The van der Waals surface area contributed by atoms with Gasteiger partial charge in [-0.25, -0.2) is 9.59 Å². The van der Waals surface area contributed by atoms with E-state index in [4.69, 9.17) is 21.4 Å². The van der Waals surface area contributed by atoms with Crippen LogP contribution < -0.4 is 0 Å². The number of rotatable bonds is 4. The van der Waals surface area contributed by atoms with Crippen LogP contribution in [0.5, 0.6) is 0 Å². The zero-order chi connectivity index (χ0) is 12.2. The van der Waals surface area contributed by atoms with Gasteiger partial charge in [0.2, 0.25) is 0 Å². The van der Waals surface area contributed by atoms with Crippen LogP contribution in [-0.4, -0.2) is 34.4 Å². The molecule has 0 fully saturated rings. The number of carbonyl (C=O) groups is 2. The second-order valence-electron chi connectivity index (χ2n) is 3.19. The van der Waals surface area contributed by atoms with Crippen molar-refractivity contribution in [2.75, 3.05) is 6.61 Å². The second-order valence-corrected chi connectivity index (χ2v) is 3.19. The molecule has 0 aromatic rings. The highest BCUT2D eigenvalue weighted by Crippen LogP contribution is 2.25. The Hall–Kier alpha value is -2.06. The van der Waals surface area contributed by atoms with E-state index in [0.717, 1.165) is 0 Å². The Morgan fingerprint density at radius 2 is 2.25 bits per heavy atom. The fourth-order valence-electron chi connectivity index (χ4n) is 1.28. The van der Waals surface area contributed by atoms with Crippen LogP contribution in [0.1, 0.15) is 6.42 Å². The molecule has 0 radical (unpaired) electrons. The summed E-state index contributed by atoms with van der Waals surface area (Å²) in [6.45, 7) is -0.146. The third-order valence-corrected chi connectivity index (χ3v) is 2.18. The minimum Gasteiger partial charge on any atom is -0.479 e. The van der Waals surface area contributed by atoms with Crippen LogP contribution in [0, 0.1) is 12.3 Å². The fourth-order valence-corrected chi connectivity index (χ4v) is 1.28. The first-order valence-electron chi connectivity index (χ1n) is 4.45. The zero-order valence-corrected chi connectivity index (χ0v) is 8.34. The van der Waals surface area contributed by atoms with Crippen molar-refractivity contribution in [3.05, 3.63) is 23.8 Å². The summed E-state index contributed by atoms with van der Waals surface area (Å²) in [7, 11) is 0. The van der Waals surface area contributed by atoms with E-state index in [1.165, 1.54) is 18.2 Å². The van der Waals surface area contributed by atoms with Crippen LogP contribution in [0.25, 0.3) is 0 Å². The molecule has 5 heteroatoms. The summed E-state index contributed by atoms with van der Waals surface area (Å²) in [4.78, 5) is 21.6. The van der Waals surface area contributed by atoms with Gasteiger partial charge in [0.25, 0.3) is 0 Å². The zero-order valence-electron chi connectivity index (χ0n) is 8.34. The smallest absolute Gasteiger partial charge is 0.340 e. The van der Waals surface area contributed by atoms with Gasteiger partial charge in [-0.2, -0.15) is 0 Å². The van der Waals surface area contributed by atoms with E-state index in [2.05, 4.69) is 5.92 Å². The summed E-state index contributed by atoms with van der Waals surface area (Å²) in [6.07, 6.45) is 8.63. The van der Waals surface area contributed by atoms with Crippen molar-refractivity contribution in [2.45, 2.75) is 12.0 Å². The van der Waals surface area contributed by atoms with Crippen LogP contribution in [0.3, 0.4) is 0 Å². The molecule has 2 N–H and O–H groups in total. The van der Waals surface area contributed by atoms with Gasteiger partial charge in [-0.1, -0.05) is 12.0 Å². The molecule has 0 amide bonds. The average molecular weight is 222 g/mol. The number of hydrogen-bond donors (Lipinski definition) is 2. The van der Waals surface area contributed by atoms with Gasteiger partial charge in [0, 0.05) is 6.42 Å². The number of carboxylic acids is 2. The summed E-state index contributed by atoms with van der Waals surface area (Å²) in [5.74, 6) is -0.127. The van der Waals surface area contributed by atoms with Gasteiger partial charge in [0.05, 0.1) is 5.57 Å². The quantitative estimate of drug-likeness (QED) is 0.674. The monoisotopic (exact) mass is 222 g/mol. The van der Waals surface area contributed by atoms with Crippen LogP contribution in [0.15, 0.2) is 23.8 Å². The van der Waals surface area contributed by atoms with Crippen molar-refractivity contribution in [3.63, 3.8) is 0 Å². The van der Waals surface area contributed by atoms with Gasteiger partial charge < -0.3 is 14.9 Å². The van der Waals surface area contributed by atoms with Gasteiger partial charge in [-0.3, -0.25) is 0 Å². The van der Waals surface area contributed by atoms with Gasteiger partial charge in [-0.05, 0) is 12.2 Å². The van der Waals surface area contributed by atoms with Crippen LogP contribution in [0.4, 0.5) is 0 Å². The van der Waals surface area contributed by atoms with Crippen LogP contribution in [-0.2, 0) is 14.3 Å². The summed E-state index contributed by atoms with van der Waals surface area (Å²) < 4.78 is 5.05. The van der Waals surface area contributed by atoms with Crippen LogP contribution >= 0.6 is 0 Å². The number of hydrogen-bond acceptors (Lipinski definition) is 3. The van der Waals surface area contributed by atoms with Crippen molar-refractivity contribution in [2.24, 2.45) is 0 Å². The van der Waals surface area contributed by atoms with E-state index in [1.807, 2.05) is 0 Å². The van der Waals surface area contributed by atoms with Crippen LogP contribution in [0.2, 0.25) is 0 Å². The topological polar surface area (TPSA) is 83.8 Å². The van der Waals surface area contributed by atoms with Crippen molar-refractivity contribution in [3.8, 4) is 12.3 Å². The highest BCUT2D eigenvalue weighted by molar-refractivity contribution is 5.92. The molecule has 1 unspecified atom stereocenters. The molecule has 1 aliphatic carbocycles. The van der Waals surface area contributed by atoms with E-state index in [9.17, 15) is 9.59 Å². The Kier molecular flexibility index (Phi) is 3.48.